The number of methoxy groups -OCH3 is 1. The minimum absolute atomic E-state index is 0.286. The molecule has 0 bridgehead atoms. The smallest absolute Gasteiger partial charge is 0.191 e. The number of nitrogens with one attached hydrogen (secondary N) is 2. The van der Waals surface area contributed by atoms with Gasteiger partial charge >= 0.3 is 0 Å². The summed E-state index contributed by atoms with van der Waals surface area (Å²) in [6.07, 6.45) is 9.90. The number of aliphatic imine (C=N–C) groups is 1. The molecule has 1 aromatic carbocycles. The first-order valence-electron chi connectivity index (χ1n) is 10.5. The summed E-state index contributed by atoms with van der Waals surface area (Å²) in [7, 11) is 3.48. The molecule has 7 nitrogen and oxygen atoms in total. The Morgan fingerprint density at radius 2 is 2.10 bits per heavy atom. The Bertz CT molecular complexity index is 796. The number of aryl methyl sites for hydroxylation is 2. The molecule has 29 heavy (non-hydrogen) atoms. The monoisotopic (exact) mass is 399 g/mol. The molecule has 1 fully saturated rings. The van der Waals surface area contributed by atoms with Crippen molar-refractivity contribution in [1.29, 1.82) is 0 Å². The van der Waals surface area contributed by atoms with Gasteiger partial charge in [-0.2, -0.15) is 5.10 Å². The Morgan fingerprint density at radius 3 is 2.79 bits per heavy atom. The molecule has 0 spiro atoms. The van der Waals surface area contributed by atoms with E-state index in [0.29, 0.717) is 6.54 Å². The molecule has 1 aliphatic rings. The van der Waals surface area contributed by atoms with Crippen molar-refractivity contribution in [2.75, 3.05) is 20.7 Å². The summed E-state index contributed by atoms with van der Waals surface area (Å²) in [5.74, 6) is 2.41. The van der Waals surface area contributed by atoms with E-state index in [9.17, 15) is 0 Å². The van der Waals surface area contributed by atoms with Crippen LogP contribution in [0.3, 0.4) is 0 Å². The van der Waals surface area contributed by atoms with Gasteiger partial charge in [-0.25, -0.2) is 0 Å². The van der Waals surface area contributed by atoms with E-state index in [4.69, 9.17) is 9.47 Å². The fraction of sp³-hybridized carbons (Fsp3) is 0.545. The van der Waals surface area contributed by atoms with E-state index in [2.05, 4.69) is 39.9 Å². The molecule has 1 heterocycles. The highest BCUT2D eigenvalue weighted by molar-refractivity contribution is 5.79. The van der Waals surface area contributed by atoms with Crippen LogP contribution in [-0.4, -0.2) is 42.5 Å². The van der Waals surface area contributed by atoms with Gasteiger partial charge in [-0.05, 0) is 50.7 Å². The summed E-state index contributed by atoms with van der Waals surface area (Å²) in [5.41, 5.74) is 2.26. The number of para-hydroxylation sites is 1. The lowest BCUT2D eigenvalue weighted by molar-refractivity contribution is 0.198. The molecule has 2 aromatic rings. The lowest BCUT2D eigenvalue weighted by Crippen LogP contribution is -2.37. The molecule has 0 saturated heterocycles. The largest absolute Gasteiger partial charge is 0.493 e. The molecule has 0 aliphatic heterocycles. The lowest BCUT2D eigenvalue weighted by Gasteiger charge is -2.20. The Labute approximate surface area is 173 Å². The second-order valence-corrected chi connectivity index (χ2v) is 7.46. The summed E-state index contributed by atoms with van der Waals surface area (Å²) in [4.78, 5) is 4.33. The second-order valence-electron chi connectivity index (χ2n) is 7.46. The van der Waals surface area contributed by atoms with E-state index >= 15 is 0 Å². The maximum absolute atomic E-state index is 6.31. The first-order valence-corrected chi connectivity index (χ1v) is 10.5. The highest BCUT2D eigenvalue weighted by atomic mass is 16.5. The zero-order valence-electron chi connectivity index (χ0n) is 17.8. The van der Waals surface area contributed by atoms with Gasteiger partial charge < -0.3 is 20.1 Å². The van der Waals surface area contributed by atoms with E-state index in [1.54, 1.807) is 14.2 Å². The molecule has 1 saturated carbocycles. The molecule has 0 atom stereocenters. The number of ether oxygens (including phenoxy) is 2. The summed E-state index contributed by atoms with van der Waals surface area (Å²) in [6.45, 7) is 4.38. The highest BCUT2D eigenvalue weighted by Crippen LogP contribution is 2.34. The third-order valence-corrected chi connectivity index (χ3v) is 5.16. The van der Waals surface area contributed by atoms with Crippen LogP contribution >= 0.6 is 0 Å². The van der Waals surface area contributed by atoms with Crippen LogP contribution in [0.4, 0.5) is 0 Å². The second kappa shape index (κ2) is 10.7. The Hall–Kier alpha value is -2.70. The van der Waals surface area contributed by atoms with Crippen molar-refractivity contribution in [2.45, 2.75) is 58.2 Å². The highest BCUT2D eigenvalue weighted by Gasteiger charge is 2.20. The molecular weight excluding hydrogens is 366 g/mol. The average Bonchev–Trinajstić information content (AvgIpc) is 3.40. The predicted octanol–water partition coefficient (Wildman–Crippen LogP) is 3.28. The number of rotatable bonds is 9. The lowest BCUT2D eigenvalue weighted by atomic mass is 10.1. The molecule has 1 aromatic heterocycles. The molecule has 158 valence electrons. The third kappa shape index (κ3) is 6.14. The summed E-state index contributed by atoms with van der Waals surface area (Å²) in [6, 6.07) is 6.03. The van der Waals surface area contributed by atoms with Crippen LogP contribution in [0.1, 0.15) is 43.2 Å². The summed E-state index contributed by atoms with van der Waals surface area (Å²) < 4.78 is 13.8. The summed E-state index contributed by atoms with van der Waals surface area (Å²) in [5, 5.41) is 11.1. The number of hydrogen-bond acceptors (Lipinski definition) is 4. The number of hydrogen-bond donors (Lipinski definition) is 2. The molecule has 0 radical (unpaired) electrons. The van der Waals surface area contributed by atoms with Crippen molar-refractivity contribution >= 4 is 5.96 Å². The van der Waals surface area contributed by atoms with Gasteiger partial charge in [0.05, 0.1) is 19.4 Å². The Balaban J connectivity index is 1.51. The average molecular weight is 400 g/mol. The van der Waals surface area contributed by atoms with Gasteiger partial charge in [-0.1, -0.05) is 12.1 Å². The van der Waals surface area contributed by atoms with Gasteiger partial charge in [-0.15, -0.1) is 0 Å². The normalized spacial score (nSPS) is 14.8. The van der Waals surface area contributed by atoms with Gasteiger partial charge in [0.1, 0.15) is 0 Å². The first-order chi connectivity index (χ1) is 14.2. The Morgan fingerprint density at radius 1 is 1.28 bits per heavy atom. The Kier molecular flexibility index (Phi) is 7.78. The van der Waals surface area contributed by atoms with Crippen molar-refractivity contribution in [3.8, 4) is 11.5 Å². The summed E-state index contributed by atoms with van der Waals surface area (Å²) >= 11 is 0. The molecule has 0 unspecified atom stereocenters. The van der Waals surface area contributed by atoms with E-state index in [0.717, 1.165) is 55.4 Å². The van der Waals surface area contributed by atoms with Crippen molar-refractivity contribution in [2.24, 2.45) is 4.99 Å². The van der Waals surface area contributed by atoms with Gasteiger partial charge in [0.25, 0.3) is 0 Å². The van der Waals surface area contributed by atoms with Crippen LogP contribution in [0.25, 0.3) is 0 Å². The van der Waals surface area contributed by atoms with Crippen molar-refractivity contribution in [1.82, 2.24) is 20.4 Å². The fourth-order valence-corrected chi connectivity index (χ4v) is 3.60. The van der Waals surface area contributed by atoms with Crippen molar-refractivity contribution in [3.63, 3.8) is 0 Å². The third-order valence-electron chi connectivity index (χ3n) is 5.16. The van der Waals surface area contributed by atoms with Crippen LogP contribution in [0.5, 0.6) is 11.5 Å². The maximum Gasteiger partial charge on any atom is 0.191 e. The topological polar surface area (TPSA) is 72.7 Å². The molecule has 7 heteroatoms. The van der Waals surface area contributed by atoms with Gasteiger partial charge in [0.15, 0.2) is 17.5 Å². The molecule has 0 amide bonds. The SMILES string of the molecule is CN=C(NCCCn1cc(C)cn1)NCc1cccc(OC)c1OC1CCCC1. The van der Waals surface area contributed by atoms with E-state index < -0.39 is 0 Å². The van der Waals surface area contributed by atoms with Gasteiger partial charge in [0.2, 0.25) is 0 Å². The van der Waals surface area contributed by atoms with Gasteiger partial charge in [0, 0.05) is 38.4 Å². The number of guanidine groups is 1. The fourth-order valence-electron chi connectivity index (χ4n) is 3.60. The number of nitrogens with zero attached hydrogens (tertiary/aromatic N) is 3. The molecule has 2 N–H and O–H groups in total. The minimum Gasteiger partial charge on any atom is -0.493 e. The quantitative estimate of drug-likeness (QED) is 0.385. The number of benzene rings is 1. The molecule has 1 aliphatic carbocycles. The van der Waals surface area contributed by atoms with Crippen molar-refractivity contribution in [3.05, 3.63) is 41.7 Å². The van der Waals surface area contributed by atoms with E-state index in [1.165, 1.54) is 18.4 Å². The van der Waals surface area contributed by atoms with Crippen molar-refractivity contribution < 1.29 is 9.47 Å². The molecular formula is C22H33N5O2. The van der Waals surface area contributed by atoms with Crippen LogP contribution in [0.2, 0.25) is 0 Å². The minimum atomic E-state index is 0.286. The van der Waals surface area contributed by atoms with Gasteiger partial charge in [-0.3, -0.25) is 9.67 Å². The zero-order valence-corrected chi connectivity index (χ0v) is 17.8. The van der Waals surface area contributed by atoms with Crippen LogP contribution < -0.4 is 20.1 Å². The standard InChI is InChI=1S/C22H33N5O2/c1-17-14-26-27(16-17)13-7-12-24-22(23-2)25-15-18-8-6-11-20(28-3)21(18)29-19-9-4-5-10-19/h6,8,11,14,16,19H,4-5,7,9-10,12-13,15H2,1-3H3,(H2,23,24,25). The van der Waals surface area contributed by atoms with Crippen LogP contribution in [0, 0.1) is 6.92 Å². The predicted molar refractivity (Wildman–Crippen MR) is 116 cm³/mol. The van der Waals surface area contributed by atoms with E-state index in [1.807, 2.05) is 23.0 Å². The zero-order chi connectivity index (χ0) is 20.5. The van der Waals surface area contributed by atoms with E-state index in [-0.39, 0.29) is 6.10 Å². The van der Waals surface area contributed by atoms with Crippen LogP contribution in [0.15, 0.2) is 35.6 Å². The first kappa shape index (κ1) is 21.0. The molecule has 3 rings (SSSR count). The van der Waals surface area contributed by atoms with Crippen LogP contribution in [-0.2, 0) is 13.1 Å². The number of aromatic nitrogens is 2. The maximum atomic E-state index is 6.31.